The maximum Gasteiger partial charge on any atom is 0.257 e. The molecule has 2 aromatic rings. The van der Waals surface area contributed by atoms with E-state index >= 15 is 0 Å². The Morgan fingerprint density at radius 3 is 2.81 bits per heavy atom. The van der Waals surface area contributed by atoms with Gasteiger partial charge in [-0.2, -0.15) is 0 Å². The van der Waals surface area contributed by atoms with Crippen LogP contribution in [-0.2, 0) is 13.0 Å². The summed E-state index contributed by atoms with van der Waals surface area (Å²) in [4.78, 5) is 19.2. The molecule has 1 amide bonds. The quantitative estimate of drug-likeness (QED) is 0.754. The van der Waals surface area contributed by atoms with Crippen molar-refractivity contribution in [3.8, 4) is 0 Å². The molecule has 2 aliphatic rings. The minimum atomic E-state index is -0.611. The lowest BCUT2D eigenvalue weighted by Crippen LogP contribution is -2.65. The van der Waals surface area contributed by atoms with Crippen molar-refractivity contribution >= 4 is 11.7 Å². The third-order valence-electron chi connectivity index (χ3n) is 5.90. The Balaban J connectivity index is 1.52. The molecule has 3 N–H and O–H groups in total. The number of aliphatic hydroxyl groups excluding tert-OH is 1. The molecule has 6 nitrogen and oxygen atoms in total. The zero-order valence-corrected chi connectivity index (χ0v) is 15.8. The Labute approximate surface area is 159 Å². The highest BCUT2D eigenvalue weighted by Crippen LogP contribution is 2.33. The second-order valence-corrected chi connectivity index (χ2v) is 7.57. The smallest absolute Gasteiger partial charge is 0.257 e. The number of hydrogen-bond donors (Lipinski definition) is 3. The number of aliphatic hydroxyl groups is 1. The van der Waals surface area contributed by atoms with Crippen LogP contribution in [0.1, 0.15) is 33.6 Å². The number of pyridine rings is 1. The van der Waals surface area contributed by atoms with Gasteiger partial charge in [0.05, 0.1) is 17.2 Å². The number of aryl methyl sites for hydroxylation is 1. The van der Waals surface area contributed by atoms with Gasteiger partial charge in [-0.05, 0) is 43.0 Å². The SMILES string of the molecule is CNc1nc(C)ccc1C(=O)N1CC[C@]2(Cc3ccccc3CN2)[C@H](O)C1. The van der Waals surface area contributed by atoms with Gasteiger partial charge in [0, 0.05) is 32.4 Å². The molecule has 1 fully saturated rings. The summed E-state index contributed by atoms with van der Waals surface area (Å²) in [6.45, 7) is 3.59. The average molecular weight is 366 g/mol. The van der Waals surface area contributed by atoms with Crippen LogP contribution in [0.15, 0.2) is 36.4 Å². The van der Waals surface area contributed by atoms with E-state index in [1.54, 1.807) is 11.9 Å². The summed E-state index contributed by atoms with van der Waals surface area (Å²) in [5, 5.41) is 17.5. The van der Waals surface area contributed by atoms with Gasteiger partial charge in [-0.1, -0.05) is 24.3 Å². The maximum atomic E-state index is 13.0. The number of carbonyl (C=O) groups excluding carboxylic acids is 1. The van der Waals surface area contributed by atoms with Crippen LogP contribution in [0.25, 0.3) is 0 Å². The normalized spacial score (nSPS) is 24.6. The fourth-order valence-electron chi connectivity index (χ4n) is 4.24. The first-order chi connectivity index (χ1) is 13.0. The van der Waals surface area contributed by atoms with E-state index in [0.29, 0.717) is 24.5 Å². The number of hydrogen-bond acceptors (Lipinski definition) is 5. The second kappa shape index (κ2) is 6.94. The molecule has 1 saturated heterocycles. The summed E-state index contributed by atoms with van der Waals surface area (Å²) < 4.78 is 0. The van der Waals surface area contributed by atoms with Crippen molar-refractivity contribution in [3.63, 3.8) is 0 Å². The van der Waals surface area contributed by atoms with Gasteiger partial charge < -0.3 is 20.6 Å². The van der Waals surface area contributed by atoms with Crippen LogP contribution in [0, 0.1) is 6.92 Å². The Morgan fingerprint density at radius 1 is 1.30 bits per heavy atom. The topological polar surface area (TPSA) is 77.5 Å². The first kappa shape index (κ1) is 17.9. The van der Waals surface area contributed by atoms with E-state index in [4.69, 9.17) is 0 Å². The maximum absolute atomic E-state index is 13.0. The van der Waals surface area contributed by atoms with Gasteiger partial charge in [0.2, 0.25) is 0 Å². The van der Waals surface area contributed by atoms with Crippen LogP contribution in [0.3, 0.4) is 0 Å². The molecule has 27 heavy (non-hydrogen) atoms. The van der Waals surface area contributed by atoms with Gasteiger partial charge in [-0.25, -0.2) is 4.98 Å². The lowest BCUT2D eigenvalue weighted by atomic mass is 9.76. The monoisotopic (exact) mass is 366 g/mol. The molecule has 0 saturated carbocycles. The van der Waals surface area contributed by atoms with Gasteiger partial charge in [-0.15, -0.1) is 0 Å². The van der Waals surface area contributed by atoms with E-state index in [1.807, 2.05) is 31.2 Å². The molecule has 142 valence electrons. The molecule has 3 heterocycles. The summed E-state index contributed by atoms with van der Waals surface area (Å²) in [6.07, 6.45) is 0.905. The van der Waals surface area contributed by atoms with E-state index in [2.05, 4.69) is 27.8 Å². The predicted octanol–water partition coefficient (Wildman–Crippen LogP) is 1.72. The summed E-state index contributed by atoms with van der Waals surface area (Å²) in [5.41, 5.74) is 3.63. The number of rotatable bonds is 2. The predicted molar refractivity (Wildman–Crippen MR) is 105 cm³/mol. The van der Waals surface area contributed by atoms with Crippen molar-refractivity contribution in [1.29, 1.82) is 0 Å². The molecular formula is C21H26N4O2. The zero-order valence-electron chi connectivity index (χ0n) is 15.8. The molecule has 2 atom stereocenters. The van der Waals surface area contributed by atoms with Gasteiger partial charge in [-0.3, -0.25) is 4.79 Å². The van der Waals surface area contributed by atoms with E-state index in [-0.39, 0.29) is 11.4 Å². The minimum Gasteiger partial charge on any atom is -0.389 e. The molecule has 0 bridgehead atoms. The van der Waals surface area contributed by atoms with Gasteiger partial charge in [0.25, 0.3) is 5.91 Å². The third-order valence-corrected chi connectivity index (χ3v) is 5.90. The molecule has 6 heteroatoms. The van der Waals surface area contributed by atoms with Crippen molar-refractivity contribution in [2.75, 3.05) is 25.5 Å². The summed E-state index contributed by atoms with van der Waals surface area (Å²) in [7, 11) is 1.77. The van der Waals surface area contributed by atoms with E-state index in [9.17, 15) is 9.90 Å². The number of fused-ring (bicyclic) bond motifs is 1. The molecule has 2 aliphatic heterocycles. The van der Waals surface area contributed by atoms with Crippen LogP contribution in [0.2, 0.25) is 0 Å². The molecule has 1 spiro atoms. The number of carbonyl (C=O) groups is 1. The van der Waals surface area contributed by atoms with Crippen LogP contribution in [0.5, 0.6) is 0 Å². The first-order valence-corrected chi connectivity index (χ1v) is 9.47. The first-order valence-electron chi connectivity index (χ1n) is 9.47. The standard InChI is InChI=1S/C21H26N4O2/c1-14-7-8-17(19(22-2)24-14)20(27)25-10-9-21(18(26)13-25)11-15-5-3-4-6-16(15)12-23-21/h3-8,18,23,26H,9-13H2,1-2H3,(H,22,24)/t18-,21+/m1/s1. The summed E-state index contributed by atoms with van der Waals surface area (Å²) in [5.74, 6) is 0.497. The van der Waals surface area contributed by atoms with Crippen LogP contribution >= 0.6 is 0 Å². The lowest BCUT2D eigenvalue weighted by molar-refractivity contribution is -0.0138. The largest absolute Gasteiger partial charge is 0.389 e. The van der Waals surface area contributed by atoms with E-state index in [0.717, 1.165) is 25.1 Å². The fraction of sp³-hybridized carbons (Fsp3) is 0.429. The number of nitrogens with zero attached hydrogens (tertiary/aromatic N) is 2. The van der Waals surface area contributed by atoms with Gasteiger partial charge in [0.1, 0.15) is 5.82 Å². The Morgan fingerprint density at radius 2 is 2.07 bits per heavy atom. The number of nitrogens with one attached hydrogen (secondary N) is 2. The lowest BCUT2D eigenvalue weighted by Gasteiger charge is -2.48. The Bertz CT molecular complexity index is 869. The third kappa shape index (κ3) is 3.19. The highest BCUT2D eigenvalue weighted by Gasteiger charge is 2.45. The molecule has 4 rings (SSSR count). The van der Waals surface area contributed by atoms with Crippen molar-refractivity contribution in [2.24, 2.45) is 0 Å². The zero-order chi connectivity index (χ0) is 19.0. The molecule has 0 aliphatic carbocycles. The number of β-amino-alcohol motifs (C(OH)–C–C–N with tert-alkyl or cyclic N) is 1. The Hall–Kier alpha value is -2.44. The summed E-state index contributed by atoms with van der Waals surface area (Å²) >= 11 is 0. The number of anilines is 1. The molecular weight excluding hydrogens is 340 g/mol. The van der Waals surface area contributed by atoms with Crippen molar-refractivity contribution in [3.05, 3.63) is 58.8 Å². The number of aromatic nitrogens is 1. The van der Waals surface area contributed by atoms with Crippen LogP contribution in [0.4, 0.5) is 5.82 Å². The minimum absolute atomic E-state index is 0.0861. The molecule has 1 aromatic heterocycles. The van der Waals surface area contributed by atoms with Gasteiger partial charge >= 0.3 is 0 Å². The molecule has 0 radical (unpaired) electrons. The Kier molecular flexibility index (Phi) is 4.61. The van der Waals surface area contributed by atoms with Crippen LogP contribution in [-0.4, -0.2) is 52.7 Å². The van der Waals surface area contributed by atoms with Crippen molar-refractivity contribution < 1.29 is 9.90 Å². The average Bonchev–Trinajstić information content (AvgIpc) is 2.69. The van der Waals surface area contributed by atoms with Crippen molar-refractivity contribution in [1.82, 2.24) is 15.2 Å². The second-order valence-electron chi connectivity index (χ2n) is 7.57. The highest BCUT2D eigenvalue weighted by atomic mass is 16.3. The summed E-state index contributed by atoms with van der Waals surface area (Å²) in [6, 6.07) is 12.0. The number of likely N-dealkylation sites (tertiary alicyclic amines) is 1. The van der Waals surface area contributed by atoms with Crippen LogP contribution < -0.4 is 10.6 Å². The fourth-order valence-corrected chi connectivity index (χ4v) is 4.24. The van der Waals surface area contributed by atoms with Gasteiger partial charge in [0.15, 0.2) is 0 Å². The van der Waals surface area contributed by atoms with E-state index in [1.165, 1.54) is 11.1 Å². The number of piperidine rings is 1. The molecule has 0 unspecified atom stereocenters. The molecule has 1 aromatic carbocycles. The van der Waals surface area contributed by atoms with Crippen molar-refractivity contribution in [2.45, 2.75) is 38.0 Å². The number of benzene rings is 1. The van der Waals surface area contributed by atoms with E-state index < -0.39 is 6.10 Å². The number of amides is 1. The highest BCUT2D eigenvalue weighted by molar-refractivity contribution is 5.98.